The highest BCUT2D eigenvalue weighted by atomic mass is 32.2. The first-order valence-electron chi connectivity index (χ1n) is 5.32. The fourth-order valence-corrected chi connectivity index (χ4v) is 5.18. The molecule has 0 aromatic carbocycles. The molecule has 0 spiro atoms. The minimum absolute atomic E-state index is 0.379. The normalized spacial score (nSPS) is 15.4. The van der Waals surface area contributed by atoms with E-state index in [1.807, 2.05) is 0 Å². The summed E-state index contributed by atoms with van der Waals surface area (Å²) in [4.78, 5) is 35.1. The second kappa shape index (κ2) is 7.13. The molecule has 0 saturated heterocycles. The van der Waals surface area contributed by atoms with Gasteiger partial charge in [0.15, 0.2) is 0 Å². The summed E-state index contributed by atoms with van der Waals surface area (Å²) >= 11 is 0. The molecule has 0 bridgehead atoms. The van der Waals surface area contributed by atoms with Gasteiger partial charge in [0.1, 0.15) is 0 Å². The third kappa shape index (κ3) is 6.82. The van der Waals surface area contributed by atoms with E-state index in [1.165, 1.54) is 16.9 Å². The van der Waals surface area contributed by atoms with E-state index in [2.05, 4.69) is 6.58 Å². The van der Waals surface area contributed by atoms with Crippen molar-refractivity contribution in [2.24, 2.45) is 0 Å². The summed E-state index contributed by atoms with van der Waals surface area (Å²) in [5, 5.41) is 0. The quantitative estimate of drug-likeness (QED) is 0.325. The Balaban J connectivity index is 5.60. The molecule has 0 unspecified atom stereocenters. The molecule has 0 amide bonds. The Hall–Kier alpha value is -0.570. The van der Waals surface area contributed by atoms with Gasteiger partial charge in [0.2, 0.25) is 15.5 Å². The molecule has 5 N–H and O–H groups in total. The van der Waals surface area contributed by atoms with Crippen LogP contribution in [0, 0.1) is 0 Å². The van der Waals surface area contributed by atoms with Crippen molar-refractivity contribution < 1.29 is 37.1 Å². The highest BCUT2D eigenvalue weighted by Crippen LogP contribution is 2.58. The lowest BCUT2D eigenvalue weighted by Gasteiger charge is -2.20. The number of hydrogen-bond acceptors (Lipinski definition) is 4. The molecule has 0 radical (unpaired) electrons. The zero-order chi connectivity index (χ0) is 17.1. The van der Waals surface area contributed by atoms with E-state index in [0.29, 0.717) is 5.57 Å². The minimum atomic E-state index is -5.39. The monoisotopic (exact) mass is 361 g/mol. The summed E-state index contributed by atoms with van der Waals surface area (Å²) in [6, 6.07) is 0. The van der Waals surface area contributed by atoms with Crippen molar-refractivity contribution in [1.82, 2.24) is 4.72 Å². The van der Waals surface area contributed by atoms with Gasteiger partial charge in [-0.1, -0.05) is 24.3 Å². The third-order valence-corrected chi connectivity index (χ3v) is 7.44. The molecule has 21 heavy (non-hydrogen) atoms. The Morgan fingerprint density at radius 2 is 1.52 bits per heavy atom. The van der Waals surface area contributed by atoms with Gasteiger partial charge in [-0.2, -0.15) is 4.72 Å². The summed E-state index contributed by atoms with van der Waals surface area (Å²) in [6.45, 7) is 6.18. The van der Waals surface area contributed by atoms with Crippen LogP contribution in [-0.2, 0) is 19.2 Å². The molecule has 0 saturated carbocycles. The molecule has 12 heteroatoms. The maximum atomic E-state index is 11.8. The van der Waals surface area contributed by atoms with Crippen LogP contribution < -0.4 is 4.72 Å². The Bertz CT molecular complexity index is 631. The number of allylic oxidation sites excluding steroid dienone is 5. The molecule has 0 aliphatic rings. The highest BCUT2D eigenvalue weighted by molar-refractivity contribution is 7.94. The second-order valence-electron chi connectivity index (χ2n) is 4.07. The summed E-state index contributed by atoms with van der Waals surface area (Å²) in [5.74, 6) is 0. The van der Waals surface area contributed by atoms with Crippen LogP contribution in [0.5, 0.6) is 0 Å². The predicted octanol–water partition coefficient (Wildman–Crippen LogP) is 0.581. The average molecular weight is 361 g/mol. The van der Waals surface area contributed by atoms with E-state index in [9.17, 15) is 17.5 Å². The van der Waals surface area contributed by atoms with Gasteiger partial charge in [0.25, 0.3) is 0 Å². The van der Waals surface area contributed by atoms with Crippen molar-refractivity contribution in [2.75, 3.05) is 0 Å². The molecule has 0 aromatic rings. The van der Waals surface area contributed by atoms with Crippen LogP contribution in [0.25, 0.3) is 0 Å². The molecule has 0 atom stereocenters. The number of nitrogens with one attached hydrogen (secondary N) is 1. The summed E-state index contributed by atoms with van der Waals surface area (Å²) < 4.78 is 47.0. The van der Waals surface area contributed by atoms with E-state index < -0.39 is 30.7 Å². The molecule has 0 rings (SSSR count). The second-order valence-corrected chi connectivity index (χ2v) is 9.75. The summed E-state index contributed by atoms with van der Waals surface area (Å²) in [7, 11) is -15.3. The topological polar surface area (TPSA) is 161 Å². The standard InChI is InChI=1S/C9H17NO8P2S/c1-4-7(2)5-6-8(3)21(17,18)10-9(19(11,12)13)20(14,15)16/h4-6,9-10H,1H2,2-3H3,(H2,11,12,13)(H2,14,15,16)/b7-5-,8-6+. The molecule has 122 valence electrons. The summed E-state index contributed by atoms with van der Waals surface area (Å²) in [5.41, 5.74) is -2.21. The van der Waals surface area contributed by atoms with Gasteiger partial charge in [-0.05, 0) is 19.9 Å². The largest absolute Gasteiger partial charge is 0.355 e. The highest BCUT2D eigenvalue weighted by Gasteiger charge is 2.46. The Kier molecular flexibility index (Phi) is 6.93. The van der Waals surface area contributed by atoms with Gasteiger partial charge < -0.3 is 19.6 Å². The van der Waals surface area contributed by atoms with E-state index >= 15 is 0 Å². The van der Waals surface area contributed by atoms with Crippen molar-refractivity contribution in [3.05, 3.63) is 35.3 Å². The van der Waals surface area contributed by atoms with Crippen LogP contribution in [0.1, 0.15) is 13.8 Å². The van der Waals surface area contributed by atoms with Crippen LogP contribution in [0.4, 0.5) is 0 Å². The Morgan fingerprint density at radius 3 is 1.86 bits per heavy atom. The molecule has 0 aliphatic heterocycles. The van der Waals surface area contributed by atoms with Crippen molar-refractivity contribution in [1.29, 1.82) is 0 Å². The molecule has 0 fully saturated rings. The molecular weight excluding hydrogens is 344 g/mol. The zero-order valence-corrected chi connectivity index (χ0v) is 13.8. The Morgan fingerprint density at radius 1 is 1.10 bits per heavy atom. The molecule has 0 aliphatic carbocycles. The van der Waals surface area contributed by atoms with Gasteiger partial charge >= 0.3 is 15.2 Å². The Labute approximate surface area is 122 Å². The fraction of sp³-hybridized carbons (Fsp3) is 0.333. The number of rotatable bonds is 7. The van der Waals surface area contributed by atoms with E-state index in [0.717, 1.165) is 13.0 Å². The van der Waals surface area contributed by atoms with Crippen LogP contribution in [0.2, 0.25) is 0 Å². The average Bonchev–Trinajstić information content (AvgIpc) is 2.29. The van der Waals surface area contributed by atoms with Gasteiger partial charge in [-0.15, -0.1) is 0 Å². The van der Waals surface area contributed by atoms with Crippen LogP contribution in [0.3, 0.4) is 0 Å². The van der Waals surface area contributed by atoms with Crippen LogP contribution >= 0.6 is 15.2 Å². The maximum Gasteiger partial charge on any atom is 0.355 e. The van der Waals surface area contributed by atoms with Gasteiger partial charge in [-0.25, -0.2) is 8.42 Å². The van der Waals surface area contributed by atoms with Crippen molar-refractivity contribution in [3.8, 4) is 0 Å². The first kappa shape index (κ1) is 20.4. The van der Waals surface area contributed by atoms with Gasteiger partial charge in [-0.3, -0.25) is 9.13 Å². The van der Waals surface area contributed by atoms with Crippen molar-refractivity contribution in [2.45, 2.75) is 19.4 Å². The minimum Gasteiger partial charge on any atom is -0.323 e. The number of sulfonamides is 1. The number of hydrogen-bond donors (Lipinski definition) is 5. The molecule has 9 nitrogen and oxygen atoms in total. The summed E-state index contributed by atoms with van der Waals surface area (Å²) in [6.07, 6.45) is 3.92. The first-order chi connectivity index (χ1) is 9.21. The smallest absolute Gasteiger partial charge is 0.323 e. The lowest BCUT2D eigenvalue weighted by Crippen LogP contribution is -2.35. The van der Waals surface area contributed by atoms with Crippen LogP contribution in [0.15, 0.2) is 35.3 Å². The SMILES string of the molecule is C=C/C(C)=C\C=C(/C)S(=O)(=O)NC(P(=O)(O)O)P(=O)(O)O. The zero-order valence-electron chi connectivity index (χ0n) is 11.2. The van der Waals surface area contributed by atoms with E-state index in [1.54, 1.807) is 6.92 Å². The molecule has 0 heterocycles. The van der Waals surface area contributed by atoms with Gasteiger partial charge in [0, 0.05) is 0 Å². The lowest BCUT2D eigenvalue weighted by molar-refractivity contribution is 0.335. The van der Waals surface area contributed by atoms with Crippen molar-refractivity contribution in [3.63, 3.8) is 0 Å². The predicted molar refractivity (Wildman–Crippen MR) is 77.6 cm³/mol. The fourth-order valence-electron chi connectivity index (χ4n) is 0.971. The third-order valence-electron chi connectivity index (χ3n) is 2.22. The lowest BCUT2D eigenvalue weighted by atomic mass is 10.3. The molecular formula is C9H17NO8P2S. The molecule has 0 aromatic heterocycles. The van der Waals surface area contributed by atoms with Crippen molar-refractivity contribution >= 4 is 25.2 Å². The van der Waals surface area contributed by atoms with Gasteiger partial charge in [0.05, 0.1) is 4.91 Å². The van der Waals surface area contributed by atoms with Crippen LogP contribution in [-0.4, -0.2) is 33.5 Å². The first-order valence-corrected chi connectivity index (χ1v) is 10.2. The van der Waals surface area contributed by atoms with E-state index in [-0.39, 0.29) is 4.91 Å². The maximum absolute atomic E-state index is 11.8. The van der Waals surface area contributed by atoms with E-state index in [4.69, 9.17) is 19.6 Å².